The number of para-hydroxylation sites is 2. The van der Waals surface area contributed by atoms with Gasteiger partial charge in [-0.3, -0.25) is 9.10 Å². The second-order valence-corrected chi connectivity index (χ2v) is 10.5. The van der Waals surface area contributed by atoms with Gasteiger partial charge in [0, 0.05) is 38.1 Å². The number of aryl methyl sites for hydroxylation is 1. The van der Waals surface area contributed by atoms with Crippen LogP contribution in [-0.2, 0) is 17.1 Å². The fraction of sp³-hybridized carbons (Fsp3) is 0.346. The Morgan fingerprint density at radius 2 is 1.74 bits per heavy atom. The molecule has 0 bridgehead atoms. The van der Waals surface area contributed by atoms with Crippen molar-refractivity contribution in [3.63, 3.8) is 0 Å². The van der Waals surface area contributed by atoms with Gasteiger partial charge >= 0.3 is 0 Å². The van der Waals surface area contributed by atoms with Gasteiger partial charge in [-0.2, -0.15) is 0 Å². The Labute approximate surface area is 201 Å². The van der Waals surface area contributed by atoms with E-state index in [4.69, 9.17) is 4.74 Å². The molecular formula is C26H31N3O4S. The number of carbonyl (C=O) groups excluding carboxylic acids is 1. The fourth-order valence-electron chi connectivity index (χ4n) is 4.59. The summed E-state index contributed by atoms with van der Waals surface area (Å²) in [4.78, 5) is 15.6. The van der Waals surface area contributed by atoms with Crippen molar-refractivity contribution < 1.29 is 17.9 Å². The predicted molar refractivity (Wildman–Crippen MR) is 133 cm³/mol. The Morgan fingerprint density at radius 3 is 2.41 bits per heavy atom. The average Bonchev–Trinajstić information content (AvgIpc) is 3.13. The van der Waals surface area contributed by atoms with Gasteiger partial charge in [0.25, 0.3) is 15.9 Å². The number of sulfonamides is 1. The Hall–Kier alpha value is -3.26. The van der Waals surface area contributed by atoms with Crippen molar-refractivity contribution >= 4 is 21.6 Å². The molecule has 1 aliphatic rings. The first-order chi connectivity index (χ1) is 16.3. The molecule has 34 heavy (non-hydrogen) atoms. The number of hydrogen-bond donors (Lipinski definition) is 0. The molecule has 1 aliphatic heterocycles. The van der Waals surface area contributed by atoms with Gasteiger partial charge in [0.2, 0.25) is 0 Å². The van der Waals surface area contributed by atoms with E-state index in [0.717, 1.165) is 31.4 Å². The van der Waals surface area contributed by atoms with Crippen molar-refractivity contribution in [2.45, 2.75) is 36.6 Å². The normalized spacial score (nSPS) is 16.7. The first-order valence-electron chi connectivity index (χ1n) is 11.5. The summed E-state index contributed by atoms with van der Waals surface area (Å²) >= 11 is 0. The molecule has 0 radical (unpaired) electrons. The number of nitrogens with zero attached hydrogens (tertiary/aromatic N) is 3. The Kier molecular flexibility index (Phi) is 6.97. The number of benzene rings is 2. The van der Waals surface area contributed by atoms with Crippen LogP contribution in [0.5, 0.6) is 5.75 Å². The van der Waals surface area contributed by atoms with E-state index in [1.165, 1.54) is 30.6 Å². The zero-order chi connectivity index (χ0) is 24.3. The maximum atomic E-state index is 13.5. The van der Waals surface area contributed by atoms with Crippen molar-refractivity contribution in [2.75, 3.05) is 25.0 Å². The van der Waals surface area contributed by atoms with Gasteiger partial charge in [-0.25, -0.2) is 8.42 Å². The van der Waals surface area contributed by atoms with Gasteiger partial charge in [0.15, 0.2) is 0 Å². The predicted octanol–water partition coefficient (Wildman–Crippen LogP) is 4.62. The van der Waals surface area contributed by atoms with Crippen LogP contribution in [0, 0.1) is 0 Å². The minimum absolute atomic E-state index is 0.00934. The van der Waals surface area contributed by atoms with Crippen LogP contribution in [0.25, 0.3) is 0 Å². The summed E-state index contributed by atoms with van der Waals surface area (Å²) in [6.07, 6.45) is 6.05. The molecule has 1 aromatic heterocycles. The summed E-state index contributed by atoms with van der Waals surface area (Å²) in [5.41, 5.74) is 2.05. The zero-order valence-electron chi connectivity index (χ0n) is 19.8. The lowest BCUT2D eigenvalue weighted by molar-refractivity contribution is 0.0674. The van der Waals surface area contributed by atoms with E-state index >= 15 is 0 Å². The van der Waals surface area contributed by atoms with E-state index in [1.807, 2.05) is 24.2 Å². The number of ether oxygens (including phenoxy) is 1. The van der Waals surface area contributed by atoms with Crippen LogP contribution >= 0.6 is 0 Å². The van der Waals surface area contributed by atoms with E-state index in [-0.39, 0.29) is 16.8 Å². The number of rotatable bonds is 6. The van der Waals surface area contributed by atoms with Gasteiger partial charge < -0.3 is 14.2 Å². The van der Waals surface area contributed by atoms with E-state index < -0.39 is 10.0 Å². The third-order valence-corrected chi connectivity index (χ3v) is 8.31. The molecule has 2 aromatic carbocycles. The topological polar surface area (TPSA) is 71.8 Å². The maximum Gasteiger partial charge on any atom is 0.264 e. The second kappa shape index (κ2) is 9.93. The van der Waals surface area contributed by atoms with Crippen LogP contribution in [0.15, 0.2) is 71.8 Å². The number of amides is 1. The Balaban J connectivity index is 1.60. The quantitative estimate of drug-likeness (QED) is 0.515. The monoisotopic (exact) mass is 481 g/mol. The highest BCUT2D eigenvalue weighted by molar-refractivity contribution is 7.92. The maximum absolute atomic E-state index is 13.5. The van der Waals surface area contributed by atoms with Gasteiger partial charge in [0.05, 0.1) is 23.7 Å². The number of likely N-dealkylation sites (tertiary alicyclic amines) is 1. The summed E-state index contributed by atoms with van der Waals surface area (Å²) in [6.45, 7) is 0.686. The SMILES string of the molecule is COc1ccccc1N(C)S(=O)(=O)c1ccc(C(=O)N2CCCCCC2c2cccn2C)cc1. The van der Waals surface area contributed by atoms with Crippen molar-refractivity contribution in [3.8, 4) is 5.75 Å². The third kappa shape index (κ3) is 4.55. The van der Waals surface area contributed by atoms with Crippen LogP contribution in [0.1, 0.15) is 47.8 Å². The fourth-order valence-corrected chi connectivity index (χ4v) is 5.80. The first-order valence-corrected chi connectivity index (χ1v) is 12.9. The molecule has 1 unspecified atom stereocenters. The molecule has 0 spiro atoms. The molecule has 1 amide bonds. The van der Waals surface area contributed by atoms with E-state index in [9.17, 15) is 13.2 Å². The molecule has 4 rings (SSSR count). The van der Waals surface area contributed by atoms with Crippen molar-refractivity contribution in [3.05, 3.63) is 78.1 Å². The van der Waals surface area contributed by atoms with Crippen LogP contribution in [0.2, 0.25) is 0 Å². The first kappa shape index (κ1) is 23.9. The molecule has 1 saturated heterocycles. The number of methoxy groups -OCH3 is 1. The van der Waals surface area contributed by atoms with Gasteiger partial charge in [-0.1, -0.05) is 25.0 Å². The molecule has 8 heteroatoms. The molecule has 0 aliphatic carbocycles. The Bertz CT molecular complexity index is 1250. The lowest BCUT2D eigenvalue weighted by Crippen LogP contribution is -2.35. The summed E-state index contributed by atoms with van der Waals surface area (Å²) < 4.78 is 35.1. The third-order valence-electron chi connectivity index (χ3n) is 6.52. The molecule has 7 nitrogen and oxygen atoms in total. The summed E-state index contributed by atoms with van der Waals surface area (Å²) in [5, 5.41) is 0. The highest BCUT2D eigenvalue weighted by Gasteiger charge is 2.30. The lowest BCUT2D eigenvalue weighted by atomic mass is 10.1. The molecule has 3 aromatic rings. The smallest absolute Gasteiger partial charge is 0.264 e. The van der Waals surface area contributed by atoms with Crippen LogP contribution in [0.4, 0.5) is 5.69 Å². The number of aromatic nitrogens is 1. The van der Waals surface area contributed by atoms with Crippen molar-refractivity contribution in [1.82, 2.24) is 9.47 Å². The van der Waals surface area contributed by atoms with E-state index in [0.29, 0.717) is 23.5 Å². The van der Waals surface area contributed by atoms with Crippen LogP contribution in [0.3, 0.4) is 0 Å². The summed E-state index contributed by atoms with van der Waals surface area (Å²) in [5.74, 6) is 0.392. The van der Waals surface area contributed by atoms with Gasteiger partial charge in [0.1, 0.15) is 5.75 Å². The van der Waals surface area contributed by atoms with Crippen molar-refractivity contribution in [2.24, 2.45) is 7.05 Å². The standard InChI is InChI=1S/C26H31N3O4S/c1-27-18-9-12-22(27)23-10-5-4-8-19-29(23)26(30)20-14-16-21(17-15-20)34(31,32)28(2)24-11-6-7-13-25(24)33-3/h6-7,9,11-18,23H,4-5,8,10,19H2,1-3H3. The minimum atomic E-state index is -3.82. The van der Waals surface area contributed by atoms with Gasteiger partial charge in [-0.05, 0) is 61.4 Å². The van der Waals surface area contributed by atoms with Crippen molar-refractivity contribution in [1.29, 1.82) is 0 Å². The number of anilines is 1. The van der Waals surface area contributed by atoms with Gasteiger partial charge in [-0.15, -0.1) is 0 Å². The molecular weight excluding hydrogens is 450 g/mol. The number of carbonyl (C=O) groups is 1. The molecule has 0 N–H and O–H groups in total. The van der Waals surface area contributed by atoms with E-state index in [1.54, 1.807) is 36.4 Å². The van der Waals surface area contributed by atoms with E-state index in [2.05, 4.69) is 10.6 Å². The summed E-state index contributed by atoms with van der Waals surface area (Å²) in [7, 11) is 1.18. The molecule has 1 atom stereocenters. The van der Waals surface area contributed by atoms with Crippen LogP contribution < -0.4 is 9.04 Å². The minimum Gasteiger partial charge on any atom is -0.495 e. The lowest BCUT2D eigenvalue weighted by Gasteiger charge is -2.31. The number of hydrogen-bond acceptors (Lipinski definition) is 4. The molecule has 1 fully saturated rings. The second-order valence-electron chi connectivity index (χ2n) is 8.58. The molecule has 0 saturated carbocycles. The Morgan fingerprint density at radius 1 is 1.00 bits per heavy atom. The highest BCUT2D eigenvalue weighted by atomic mass is 32.2. The summed E-state index contributed by atoms with van der Waals surface area (Å²) in [6, 6.07) is 17.3. The average molecular weight is 482 g/mol. The zero-order valence-corrected chi connectivity index (χ0v) is 20.7. The van der Waals surface area contributed by atoms with Crippen LogP contribution in [-0.4, -0.2) is 44.5 Å². The highest BCUT2D eigenvalue weighted by Crippen LogP contribution is 2.33. The largest absolute Gasteiger partial charge is 0.495 e. The molecule has 2 heterocycles. The molecule has 180 valence electrons.